The predicted octanol–water partition coefficient (Wildman–Crippen LogP) is 4.07. The minimum atomic E-state index is -3.55. The standard InChI is InChI=1S/C20H24Cl2N2O3S/c1-14(15-4-8-17(21)9-5-15)19(16-6-10-18(22)11-7-16)13-24-20(25)3-2-12-28(23,26)27/h4-11,14,19H,2-3,12-13H2,1H3,(H,24,25)(H2,23,26,27). The first-order valence-electron chi connectivity index (χ1n) is 8.94. The van der Waals surface area contributed by atoms with E-state index in [1.807, 2.05) is 48.5 Å². The molecule has 3 N–H and O–H groups in total. The van der Waals surface area contributed by atoms with Gasteiger partial charge in [-0.15, -0.1) is 0 Å². The summed E-state index contributed by atoms with van der Waals surface area (Å²) in [7, 11) is -3.55. The van der Waals surface area contributed by atoms with Crippen molar-refractivity contribution in [1.82, 2.24) is 5.32 Å². The fraction of sp³-hybridized carbons (Fsp3) is 0.350. The molecule has 0 aliphatic carbocycles. The number of halogens is 2. The first kappa shape index (κ1) is 22.7. The van der Waals surface area contributed by atoms with E-state index < -0.39 is 10.0 Å². The van der Waals surface area contributed by atoms with E-state index in [9.17, 15) is 13.2 Å². The molecule has 2 aromatic carbocycles. The van der Waals surface area contributed by atoms with E-state index in [0.717, 1.165) is 11.1 Å². The normalized spacial score (nSPS) is 13.7. The van der Waals surface area contributed by atoms with Crippen LogP contribution in [0.4, 0.5) is 0 Å². The van der Waals surface area contributed by atoms with Crippen LogP contribution in [0, 0.1) is 0 Å². The second-order valence-electron chi connectivity index (χ2n) is 6.77. The van der Waals surface area contributed by atoms with E-state index in [-0.39, 0.29) is 36.3 Å². The van der Waals surface area contributed by atoms with Gasteiger partial charge in [0.1, 0.15) is 0 Å². The minimum Gasteiger partial charge on any atom is -0.355 e. The van der Waals surface area contributed by atoms with Crippen molar-refractivity contribution in [1.29, 1.82) is 0 Å². The van der Waals surface area contributed by atoms with Crippen molar-refractivity contribution >= 4 is 39.1 Å². The molecule has 0 aliphatic heterocycles. The molecule has 5 nitrogen and oxygen atoms in total. The van der Waals surface area contributed by atoms with Crippen LogP contribution in [0.15, 0.2) is 48.5 Å². The number of nitrogens with one attached hydrogen (secondary N) is 1. The number of sulfonamides is 1. The maximum absolute atomic E-state index is 12.1. The number of hydrogen-bond donors (Lipinski definition) is 2. The first-order chi connectivity index (χ1) is 13.2. The highest BCUT2D eigenvalue weighted by molar-refractivity contribution is 7.89. The van der Waals surface area contributed by atoms with Crippen molar-refractivity contribution < 1.29 is 13.2 Å². The summed E-state index contributed by atoms with van der Waals surface area (Å²) in [6.45, 7) is 2.51. The Hall–Kier alpha value is -1.60. The summed E-state index contributed by atoms with van der Waals surface area (Å²) in [5.74, 6) is -0.280. The highest BCUT2D eigenvalue weighted by atomic mass is 35.5. The number of benzene rings is 2. The summed E-state index contributed by atoms with van der Waals surface area (Å²) in [6.07, 6.45) is 0.308. The number of carbonyl (C=O) groups excluding carboxylic acids is 1. The Morgan fingerprint density at radius 2 is 1.50 bits per heavy atom. The molecule has 1 amide bonds. The van der Waals surface area contributed by atoms with Crippen molar-refractivity contribution in [3.8, 4) is 0 Å². The molecule has 0 fully saturated rings. The third-order valence-electron chi connectivity index (χ3n) is 4.65. The average molecular weight is 443 g/mol. The largest absolute Gasteiger partial charge is 0.355 e. The SMILES string of the molecule is CC(c1ccc(Cl)cc1)C(CNC(=O)CCCS(N)(=O)=O)c1ccc(Cl)cc1. The van der Waals surface area contributed by atoms with Gasteiger partial charge in [0.05, 0.1) is 5.75 Å². The zero-order valence-corrected chi connectivity index (χ0v) is 17.9. The molecule has 2 rings (SSSR count). The van der Waals surface area contributed by atoms with E-state index in [0.29, 0.717) is 16.6 Å². The molecule has 0 aliphatic rings. The Kier molecular flexibility index (Phi) is 8.31. The molecule has 8 heteroatoms. The minimum absolute atomic E-state index is 0.0145. The summed E-state index contributed by atoms with van der Waals surface area (Å²) in [6, 6.07) is 15.2. The van der Waals surface area contributed by atoms with Gasteiger partial charge in [0.15, 0.2) is 0 Å². The molecule has 0 aromatic heterocycles. The Balaban J connectivity index is 2.09. The lowest BCUT2D eigenvalue weighted by atomic mass is 9.82. The topological polar surface area (TPSA) is 89.3 Å². The smallest absolute Gasteiger partial charge is 0.220 e. The van der Waals surface area contributed by atoms with Crippen LogP contribution < -0.4 is 10.5 Å². The van der Waals surface area contributed by atoms with E-state index >= 15 is 0 Å². The maximum Gasteiger partial charge on any atom is 0.220 e. The predicted molar refractivity (Wildman–Crippen MR) is 114 cm³/mol. The summed E-state index contributed by atoms with van der Waals surface area (Å²) in [5.41, 5.74) is 2.16. The van der Waals surface area contributed by atoms with Crippen LogP contribution in [0.3, 0.4) is 0 Å². The van der Waals surface area contributed by atoms with Gasteiger partial charge in [-0.25, -0.2) is 13.6 Å². The Morgan fingerprint density at radius 3 is 2.00 bits per heavy atom. The van der Waals surface area contributed by atoms with Gasteiger partial charge in [0.2, 0.25) is 15.9 Å². The van der Waals surface area contributed by atoms with Crippen LogP contribution in [-0.2, 0) is 14.8 Å². The number of rotatable bonds is 9. The third-order valence-corrected chi connectivity index (χ3v) is 6.01. The zero-order chi connectivity index (χ0) is 20.7. The quantitative estimate of drug-likeness (QED) is 0.613. The van der Waals surface area contributed by atoms with Gasteiger partial charge in [0, 0.05) is 28.9 Å². The highest BCUT2D eigenvalue weighted by Crippen LogP contribution is 2.33. The van der Waals surface area contributed by atoms with Crippen LogP contribution in [0.2, 0.25) is 10.0 Å². The molecule has 0 saturated heterocycles. The van der Waals surface area contributed by atoms with Crippen LogP contribution in [0.1, 0.15) is 42.7 Å². The molecule has 0 heterocycles. The van der Waals surface area contributed by atoms with Crippen molar-refractivity contribution in [2.45, 2.75) is 31.6 Å². The Labute approximate surface area is 176 Å². The number of primary sulfonamides is 1. The fourth-order valence-electron chi connectivity index (χ4n) is 3.04. The number of carbonyl (C=O) groups is 1. The second kappa shape index (κ2) is 10.3. The van der Waals surface area contributed by atoms with E-state index in [1.54, 1.807) is 0 Å². The van der Waals surface area contributed by atoms with E-state index in [2.05, 4.69) is 12.2 Å². The Bertz CT molecular complexity index is 885. The molecular weight excluding hydrogens is 419 g/mol. The number of nitrogens with two attached hydrogens (primary N) is 1. The molecule has 2 aromatic rings. The molecule has 0 saturated carbocycles. The monoisotopic (exact) mass is 442 g/mol. The van der Waals surface area contributed by atoms with E-state index in [4.69, 9.17) is 28.3 Å². The molecule has 0 bridgehead atoms. The van der Waals surface area contributed by atoms with Gasteiger partial charge < -0.3 is 5.32 Å². The van der Waals surface area contributed by atoms with Crippen molar-refractivity contribution in [2.75, 3.05) is 12.3 Å². The lowest BCUT2D eigenvalue weighted by Crippen LogP contribution is -2.31. The molecule has 152 valence electrons. The molecule has 2 atom stereocenters. The molecule has 2 unspecified atom stereocenters. The van der Waals surface area contributed by atoms with Crippen LogP contribution in [0.25, 0.3) is 0 Å². The van der Waals surface area contributed by atoms with Crippen molar-refractivity contribution in [3.05, 3.63) is 69.7 Å². The van der Waals surface area contributed by atoms with Crippen LogP contribution in [0.5, 0.6) is 0 Å². The maximum atomic E-state index is 12.1. The number of amides is 1. The lowest BCUT2D eigenvalue weighted by molar-refractivity contribution is -0.121. The van der Waals surface area contributed by atoms with Crippen LogP contribution in [-0.4, -0.2) is 26.6 Å². The first-order valence-corrected chi connectivity index (χ1v) is 11.4. The fourth-order valence-corrected chi connectivity index (χ4v) is 3.84. The molecule has 0 spiro atoms. The van der Waals surface area contributed by atoms with Gasteiger partial charge in [-0.05, 0) is 47.7 Å². The van der Waals surface area contributed by atoms with Crippen molar-refractivity contribution in [2.24, 2.45) is 5.14 Å². The zero-order valence-electron chi connectivity index (χ0n) is 15.6. The van der Waals surface area contributed by atoms with E-state index in [1.165, 1.54) is 0 Å². The van der Waals surface area contributed by atoms with Gasteiger partial charge in [-0.2, -0.15) is 0 Å². The van der Waals surface area contributed by atoms with Crippen LogP contribution >= 0.6 is 23.2 Å². The lowest BCUT2D eigenvalue weighted by Gasteiger charge is -2.25. The summed E-state index contributed by atoms with van der Waals surface area (Å²) in [4.78, 5) is 12.1. The average Bonchev–Trinajstić information content (AvgIpc) is 2.62. The van der Waals surface area contributed by atoms with Gasteiger partial charge in [0.25, 0.3) is 0 Å². The van der Waals surface area contributed by atoms with Gasteiger partial charge in [-0.1, -0.05) is 54.4 Å². The molecular formula is C20H24Cl2N2O3S. The highest BCUT2D eigenvalue weighted by Gasteiger charge is 2.22. The number of hydrogen-bond acceptors (Lipinski definition) is 3. The molecule has 0 radical (unpaired) electrons. The summed E-state index contributed by atoms with van der Waals surface area (Å²) < 4.78 is 22.0. The molecule has 28 heavy (non-hydrogen) atoms. The van der Waals surface area contributed by atoms with Crippen molar-refractivity contribution in [3.63, 3.8) is 0 Å². The summed E-state index contributed by atoms with van der Waals surface area (Å²) >= 11 is 12.0. The summed E-state index contributed by atoms with van der Waals surface area (Å²) in [5, 5.41) is 9.19. The third kappa shape index (κ3) is 7.43. The van der Waals surface area contributed by atoms with Gasteiger partial charge >= 0.3 is 0 Å². The Morgan fingerprint density at radius 1 is 1.00 bits per heavy atom. The second-order valence-corrected chi connectivity index (χ2v) is 9.38. The van der Waals surface area contributed by atoms with Gasteiger partial charge in [-0.3, -0.25) is 4.79 Å².